The summed E-state index contributed by atoms with van der Waals surface area (Å²) in [5.74, 6) is 0.375. The van der Waals surface area contributed by atoms with Gasteiger partial charge < -0.3 is 14.8 Å². The Labute approximate surface area is 175 Å². The van der Waals surface area contributed by atoms with Crippen LogP contribution in [0.5, 0.6) is 11.5 Å². The average Bonchev–Trinajstić information content (AvgIpc) is 2.74. The number of carbonyl (C=O) groups is 1. The number of sulfonamides is 1. The first-order valence-electron chi connectivity index (χ1n) is 9.33. The van der Waals surface area contributed by atoms with Crippen molar-refractivity contribution < 1.29 is 27.1 Å². The van der Waals surface area contributed by atoms with E-state index in [9.17, 15) is 17.6 Å². The van der Waals surface area contributed by atoms with Gasteiger partial charge in [0.1, 0.15) is 5.82 Å². The first-order valence-corrected chi connectivity index (χ1v) is 10.8. The summed E-state index contributed by atoms with van der Waals surface area (Å²) in [7, 11) is -0.629. The number of carbonyl (C=O) groups excluding carboxylic acids is 1. The third-order valence-corrected chi connectivity index (χ3v) is 6.73. The van der Waals surface area contributed by atoms with Crippen LogP contribution in [-0.2, 0) is 14.8 Å². The van der Waals surface area contributed by atoms with Crippen molar-refractivity contribution in [3.63, 3.8) is 0 Å². The van der Waals surface area contributed by atoms with Gasteiger partial charge in [0.25, 0.3) is 0 Å². The molecule has 2 aromatic carbocycles. The zero-order chi connectivity index (χ0) is 21.7. The van der Waals surface area contributed by atoms with E-state index in [4.69, 9.17) is 9.47 Å². The van der Waals surface area contributed by atoms with Crippen LogP contribution in [0.25, 0.3) is 0 Å². The van der Waals surface area contributed by atoms with Gasteiger partial charge in [0.15, 0.2) is 11.5 Å². The molecule has 0 saturated carbocycles. The number of anilines is 1. The number of amides is 1. The highest BCUT2D eigenvalue weighted by Gasteiger charge is 2.29. The van der Waals surface area contributed by atoms with Crippen LogP contribution in [0.1, 0.15) is 0 Å². The summed E-state index contributed by atoms with van der Waals surface area (Å²) in [5, 5.41) is 2.80. The van der Waals surface area contributed by atoms with Crippen LogP contribution in [0, 0.1) is 5.82 Å². The van der Waals surface area contributed by atoms with Gasteiger partial charge >= 0.3 is 0 Å². The maximum Gasteiger partial charge on any atom is 0.243 e. The first kappa shape index (κ1) is 22.0. The minimum atomic E-state index is -3.68. The van der Waals surface area contributed by atoms with E-state index in [1.54, 1.807) is 18.2 Å². The van der Waals surface area contributed by atoms with Crippen LogP contribution >= 0.6 is 0 Å². The fourth-order valence-corrected chi connectivity index (χ4v) is 4.62. The van der Waals surface area contributed by atoms with Crippen molar-refractivity contribution in [2.45, 2.75) is 4.90 Å². The molecule has 1 heterocycles. The third kappa shape index (κ3) is 5.07. The van der Waals surface area contributed by atoms with Gasteiger partial charge in [-0.25, -0.2) is 12.8 Å². The van der Waals surface area contributed by atoms with Crippen molar-refractivity contribution in [3.05, 3.63) is 48.3 Å². The SMILES string of the molecule is COc1ccc(NC(=O)CN2CCN(S(=O)(=O)c3ccc(F)cc3)CC2)cc1OC. The summed E-state index contributed by atoms with van der Waals surface area (Å²) in [6.07, 6.45) is 0. The molecule has 1 amide bonds. The molecule has 1 aliphatic heterocycles. The van der Waals surface area contributed by atoms with E-state index in [0.29, 0.717) is 30.3 Å². The molecular formula is C20H24FN3O5S. The summed E-state index contributed by atoms with van der Waals surface area (Å²) < 4.78 is 50.1. The lowest BCUT2D eigenvalue weighted by Crippen LogP contribution is -2.50. The number of nitrogens with one attached hydrogen (secondary N) is 1. The molecule has 3 rings (SSSR count). The van der Waals surface area contributed by atoms with Crippen LogP contribution in [0.3, 0.4) is 0 Å². The Morgan fingerprint density at radius 3 is 2.23 bits per heavy atom. The fourth-order valence-electron chi connectivity index (χ4n) is 3.20. The molecule has 0 radical (unpaired) electrons. The van der Waals surface area contributed by atoms with Gasteiger partial charge in [0.05, 0.1) is 25.7 Å². The lowest BCUT2D eigenvalue weighted by atomic mass is 10.2. The Morgan fingerprint density at radius 1 is 1.00 bits per heavy atom. The molecule has 1 aliphatic rings. The van der Waals surface area contributed by atoms with Crippen molar-refractivity contribution in [1.82, 2.24) is 9.21 Å². The molecule has 0 unspecified atom stereocenters. The molecule has 8 nitrogen and oxygen atoms in total. The molecule has 0 atom stereocenters. The average molecular weight is 437 g/mol. The predicted molar refractivity (Wildman–Crippen MR) is 110 cm³/mol. The summed E-state index contributed by atoms with van der Waals surface area (Å²) in [6.45, 7) is 1.48. The van der Waals surface area contributed by atoms with E-state index in [-0.39, 0.29) is 30.4 Å². The number of rotatable bonds is 7. The Balaban J connectivity index is 1.54. The molecule has 0 aliphatic carbocycles. The maximum absolute atomic E-state index is 13.1. The topological polar surface area (TPSA) is 88.2 Å². The monoisotopic (exact) mass is 437 g/mol. The van der Waals surface area contributed by atoms with E-state index in [0.717, 1.165) is 12.1 Å². The van der Waals surface area contributed by atoms with Crippen LogP contribution in [0.4, 0.5) is 10.1 Å². The van der Waals surface area contributed by atoms with Crippen molar-refractivity contribution in [2.75, 3.05) is 52.3 Å². The number of piperazine rings is 1. The molecule has 1 saturated heterocycles. The van der Waals surface area contributed by atoms with E-state index in [1.807, 2.05) is 4.90 Å². The molecule has 0 aromatic heterocycles. The summed E-state index contributed by atoms with van der Waals surface area (Å²) >= 11 is 0. The molecule has 0 spiro atoms. The largest absolute Gasteiger partial charge is 0.493 e. The third-order valence-electron chi connectivity index (χ3n) is 4.82. The molecular weight excluding hydrogens is 413 g/mol. The first-order chi connectivity index (χ1) is 14.3. The second-order valence-corrected chi connectivity index (χ2v) is 8.69. The molecule has 30 heavy (non-hydrogen) atoms. The van der Waals surface area contributed by atoms with Crippen molar-refractivity contribution >= 4 is 21.6 Å². The van der Waals surface area contributed by atoms with Gasteiger partial charge in [-0.05, 0) is 36.4 Å². The molecule has 162 valence electrons. The molecule has 10 heteroatoms. The second kappa shape index (κ2) is 9.41. The summed E-state index contributed by atoms with van der Waals surface area (Å²) in [5.41, 5.74) is 0.579. The number of nitrogens with zero attached hydrogens (tertiary/aromatic N) is 2. The lowest BCUT2D eigenvalue weighted by molar-refractivity contribution is -0.117. The van der Waals surface area contributed by atoms with Crippen LogP contribution < -0.4 is 14.8 Å². The van der Waals surface area contributed by atoms with E-state index >= 15 is 0 Å². The lowest BCUT2D eigenvalue weighted by Gasteiger charge is -2.33. The standard InChI is InChI=1S/C20H24FN3O5S/c1-28-18-8-5-16(13-19(18)29-2)22-20(25)14-23-9-11-24(12-10-23)30(26,27)17-6-3-15(21)4-7-17/h3-8,13H,9-12,14H2,1-2H3,(H,22,25). The van der Waals surface area contributed by atoms with Crippen molar-refractivity contribution in [3.8, 4) is 11.5 Å². The Hall–Kier alpha value is -2.69. The highest BCUT2D eigenvalue weighted by molar-refractivity contribution is 7.89. The van der Waals surface area contributed by atoms with Gasteiger partial charge in [-0.1, -0.05) is 0 Å². The van der Waals surface area contributed by atoms with Crippen LogP contribution in [0.2, 0.25) is 0 Å². The van der Waals surface area contributed by atoms with Gasteiger partial charge in [0.2, 0.25) is 15.9 Å². The maximum atomic E-state index is 13.1. The zero-order valence-electron chi connectivity index (χ0n) is 16.8. The molecule has 2 aromatic rings. The number of benzene rings is 2. The van der Waals surface area contributed by atoms with Gasteiger partial charge in [0, 0.05) is 37.9 Å². The quantitative estimate of drug-likeness (QED) is 0.711. The predicted octanol–water partition coefficient (Wildman–Crippen LogP) is 1.79. The number of hydrogen-bond acceptors (Lipinski definition) is 6. The Morgan fingerprint density at radius 2 is 1.63 bits per heavy atom. The number of halogens is 1. The molecule has 0 bridgehead atoms. The number of ether oxygens (including phenoxy) is 2. The Kier molecular flexibility index (Phi) is 6.91. The van der Waals surface area contributed by atoms with Crippen molar-refractivity contribution in [1.29, 1.82) is 0 Å². The molecule has 1 fully saturated rings. The zero-order valence-corrected chi connectivity index (χ0v) is 17.6. The Bertz CT molecular complexity index is 990. The van der Waals surface area contributed by atoms with Gasteiger partial charge in [-0.3, -0.25) is 9.69 Å². The normalized spacial score (nSPS) is 15.6. The van der Waals surface area contributed by atoms with Crippen molar-refractivity contribution in [2.24, 2.45) is 0 Å². The second-order valence-electron chi connectivity index (χ2n) is 6.75. The van der Waals surface area contributed by atoms with E-state index < -0.39 is 15.8 Å². The summed E-state index contributed by atoms with van der Waals surface area (Å²) in [4.78, 5) is 14.3. The minimum Gasteiger partial charge on any atom is -0.493 e. The highest BCUT2D eigenvalue weighted by atomic mass is 32.2. The van der Waals surface area contributed by atoms with Gasteiger partial charge in [-0.15, -0.1) is 0 Å². The number of hydrogen-bond donors (Lipinski definition) is 1. The number of methoxy groups -OCH3 is 2. The summed E-state index contributed by atoms with van der Waals surface area (Å²) in [6, 6.07) is 9.86. The van der Waals surface area contributed by atoms with Crippen LogP contribution in [0.15, 0.2) is 47.4 Å². The van der Waals surface area contributed by atoms with Crippen LogP contribution in [-0.4, -0.2) is 70.5 Å². The van der Waals surface area contributed by atoms with E-state index in [2.05, 4.69) is 5.32 Å². The van der Waals surface area contributed by atoms with E-state index in [1.165, 1.54) is 30.7 Å². The highest BCUT2D eigenvalue weighted by Crippen LogP contribution is 2.29. The van der Waals surface area contributed by atoms with Gasteiger partial charge in [-0.2, -0.15) is 4.31 Å². The smallest absolute Gasteiger partial charge is 0.243 e. The molecule has 1 N–H and O–H groups in total. The minimum absolute atomic E-state index is 0.0588. The fraction of sp³-hybridized carbons (Fsp3) is 0.350.